The minimum atomic E-state index is -0.0728. The Morgan fingerprint density at radius 3 is 2.61 bits per heavy atom. The Balaban J connectivity index is 2.04. The zero-order valence-corrected chi connectivity index (χ0v) is 12.0. The van der Waals surface area contributed by atoms with E-state index in [1.165, 1.54) is 6.42 Å². The number of rotatable bonds is 5. The Kier molecular flexibility index (Phi) is 3.97. The molecule has 0 aromatic carbocycles. The standard InChI is InChI=1S/C14H26N2O2/c1-10(2)8-12-15-11(3)13(17)16(12)9-14(18-4)6-5-7-14/h10-12,15H,5-9H2,1-4H3. The topological polar surface area (TPSA) is 41.6 Å². The predicted molar refractivity (Wildman–Crippen MR) is 71.1 cm³/mol. The largest absolute Gasteiger partial charge is 0.376 e. The number of nitrogens with one attached hydrogen (secondary N) is 1. The van der Waals surface area contributed by atoms with Crippen molar-refractivity contribution in [3.05, 3.63) is 0 Å². The molecule has 4 nitrogen and oxygen atoms in total. The minimum Gasteiger partial charge on any atom is -0.376 e. The van der Waals surface area contributed by atoms with Crippen LogP contribution < -0.4 is 5.32 Å². The Labute approximate surface area is 110 Å². The average molecular weight is 254 g/mol. The van der Waals surface area contributed by atoms with Crippen molar-refractivity contribution in [3.8, 4) is 0 Å². The number of hydrogen-bond donors (Lipinski definition) is 1. The second-order valence-electron chi connectivity index (χ2n) is 6.24. The van der Waals surface area contributed by atoms with E-state index < -0.39 is 0 Å². The van der Waals surface area contributed by atoms with Gasteiger partial charge in [0, 0.05) is 7.11 Å². The first-order chi connectivity index (χ1) is 8.47. The summed E-state index contributed by atoms with van der Waals surface area (Å²) in [5.74, 6) is 0.812. The molecule has 2 atom stereocenters. The molecule has 2 fully saturated rings. The van der Waals surface area contributed by atoms with Gasteiger partial charge in [0.1, 0.15) is 0 Å². The summed E-state index contributed by atoms with van der Waals surface area (Å²) in [6.07, 6.45) is 4.57. The first-order valence-corrected chi connectivity index (χ1v) is 7.09. The van der Waals surface area contributed by atoms with Gasteiger partial charge >= 0.3 is 0 Å². The lowest BCUT2D eigenvalue weighted by Crippen LogP contribution is -2.53. The van der Waals surface area contributed by atoms with Gasteiger partial charge in [0.05, 0.1) is 24.4 Å². The minimum absolute atomic E-state index is 0.0530. The van der Waals surface area contributed by atoms with Gasteiger partial charge in [-0.25, -0.2) is 0 Å². The van der Waals surface area contributed by atoms with Crippen molar-refractivity contribution in [2.24, 2.45) is 5.92 Å². The third kappa shape index (κ3) is 2.54. The second kappa shape index (κ2) is 5.17. The predicted octanol–water partition coefficient (Wildman–Crippen LogP) is 1.75. The van der Waals surface area contributed by atoms with Gasteiger partial charge in [-0.3, -0.25) is 10.1 Å². The average Bonchev–Trinajstić information content (AvgIpc) is 2.49. The molecule has 1 saturated carbocycles. The number of carbonyl (C=O) groups is 1. The number of ether oxygens (including phenoxy) is 1. The molecule has 0 spiro atoms. The van der Waals surface area contributed by atoms with Crippen molar-refractivity contribution in [2.75, 3.05) is 13.7 Å². The third-order valence-electron chi connectivity index (χ3n) is 4.32. The molecule has 2 rings (SSSR count). The lowest BCUT2D eigenvalue weighted by molar-refractivity contribution is -0.140. The molecule has 1 aliphatic carbocycles. The molecule has 0 bridgehead atoms. The van der Waals surface area contributed by atoms with Gasteiger partial charge < -0.3 is 9.64 Å². The van der Waals surface area contributed by atoms with Gasteiger partial charge in [-0.05, 0) is 38.5 Å². The van der Waals surface area contributed by atoms with E-state index >= 15 is 0 Å². The normalized spacial score (nSPS) is 30.9. The maximum atomic E-state index is 12.2. The van der Waals surface area contributed by atoms with Gasteiger partial charge in [0.2, 0.25) is 5.91 Å². The molecular weight excluding hydrogens is 228 g/mol. The van der Waals surface area contributed by atoms with Crippen molar-refractivity contribution >= 4 is 5.91 Å². The van der Waals surface area contributed by atoms with E-state index in [-0.39, 0.29) is 23.7 Å². The Hall–Kier alpha value is -0.610. The van der Waals surface area contributed by atoms with Crippen LogP contribution in [0, 0.1) is 5.92 Å². The lowest BCUT2D eigenvalue weighted by Gasteiger charge is -2.44. The maximum absolute atomic E-state index is 12.2. The Morgan fingerprint density at radius 1 is 1.50 bits per heavy atom. The highest BCUT2D eigenvalue weighted by Gasteiger charge is 2.45. The zero-order valence-electron chi connectivity index (χ0n) is 12.0. The van der Waals surface area contributed by atoms with Gasteiger partial charge in [0.15, 0.2) is 0 Å². The number of amides is 1. The van der Waals surface area contributed by atoms with E-state index in [0.29, 0.717) is 5.92 Å². The van der Waals surface area contributed by atoms with E-state index in [9.17, 15) is 4.79 Å². The van der Waals surface area contributed by atoms with E-state index in [0.717, 1.165) is 25.8 Å². The summed E-state index contributed by atoms with van der Waals surface area (Å²) in [7, 11) is 1.77. The van der Waals surface area contributed by atoms with Crippen LogP contribution in [0.3, 0.4) is 0 Å². The molecule has 2 unspecified atom stereocenters. The molecule has 2 aliphatic rings. The molecule has 0 aromatic rings. The van der Waals surface area contributed by atoms with Crippen molar-refractivity contribution in [1.29, 1.82) is 0 Å². The number of hydrogen-bond acceptors (Lipinski definition) is 3. The molecule has 1 amide bonds. The van der Waals surface area contributed by atoms with E-state index in [1.807, 2.05) is 11.8 Å². The summed E-state index contributed by atoms with van der Waals surface area (Å²) in [6, 6.07) is -0.0530. The first-order valence-electron chi connectivity index (χ1n) is 7.09. The van der Waals surface area contributed by atoms with Crippen molar-refractivity contribution in [2.45, 2.75) is 64.3 Å². The van der Waals surface area contributed by atoms with Crippen LogP contribution in [0.4, 0.5) is 0 Å². The fourth-order valence-corrected chi connectivity index (χ4v) is 2.99. The summed E-state index contributed by atoms with van der Waals surface area (Å²) in [5.41, 5.74) is -0.0728. The second-order valence-corrected chi connectivity index (χ2v) is 6.24. The summed E-state index contributed by atoms with van der Waals surface area (Å²) >= 11 is 0. The highest BCUT2D eigenvalue weighted by molar-refractivity contribution is 5.84. The van der Waals surface area contributed by atoms with E-state index in [4.69, 9.17) is 4.74 Å². The molecule has 1 heterocycles. The van der Waals surface area contributed by atoms with Crippen molar-refractivity contribution in [3.63, 3.8) is 0 Å². The Bertz CT molecular complexity index is 307. The van der Waals surface area contributed by atoms with Crippen LogP contribution in [0.1, 0.15) is 46.5 Å². The van der Waals surface area contributed by atoms with E-state index in [2.05, 4.69) is 19.2 Å². The van der Waals surface area contributed by atoms with Crippen LogP contribution in [-0.2, 0) is 9.53 Å². The molecule has 0 aromatic heterocycles. The molecule has 18 heavy (non-hydrogen) atoms. The molecule has 4 heteroatoms. The highest BCUT2D eigenvalue weighted by Crippen LogP contribution is 2.37. The quantitative estimate of drug-likeness (QED) is 0.812. The van der Waals surface area contributed by atoms with Gasteiger partial charge in [-0.1, -0.05) is 13.8 Å². The first kappa shape index (κ1) is 13.8. The van der Waals surface area contributed by atoms with Crippen LogP contribution in [0.5, 0.6) is 0 Å². The summed E-state index contributed by atoms with van der Waals surface area (Å²) in [4.78, 5) is 14.2. The summed E-state index contributed by atoms with van der Waals surface area (Å²) < 4.78 is 5.65. The fourth-order valence-electron chi connectivity index (χ4n) is 2.99. The van der Waals surface area contributed by atoms with Gasteiger partial charge in [0.25, 0.3) is 0 Å². The highest BCUT2D eigenvalue weighted by atomic mass is 16.5. The number of methoxy groups -OCH3 is 1. The molecule has 104 valence electrons. The van der Waals surface area contributed by atoms with Crippen molar-refractivity contribution in [1.82, 2.24) is 10.2 Å². The zero-order chi connectivity index (χ0) is 13.3. The van der Waals surface area contributed by atoms with Crippen LogP contribution in [0.15, 0.2) is 0 Å². The Morgan fingerprint density at radius 2 is 2.17 bits per heavy atom. The molecule has 1 saturated heterocycles. The number of nitrogens with zero attached hydrogens (tertiary/aromatic N) is 1. The van der Waals surface area contributed by atoms with Gasteiger partial charge in [-0.15, -0.1) is 0 Å². The van der Waals surface area contributed by atoms with Crippen LogP contribution in [0.2, 0.25) is 0 Å². The SMILES string of the molecule is COC1(CN2C(=O)C(C)NC2CC(C)C)CCC1. The maximum Gasteiger partial charge on any atom is 0.240 e. The summed E-state index contributed by atoms with van der Waals surface area (Å²) in [6.45, 7) is 7.10. The van der Waals surface area contributed by atoms with Crippen LogP contribution in [0.25, 0.3) is 0 Å². The fraction of sp³-hybridized carbons (Fsp3) is 0.929. The number of carbonyl (C=O) groups excluding carboxylic acids is 1. The molecule has 0 radical (unpaired) electrons. The molecular formula is C14H26N2O2. The summed E-state index contributed by atoms with van der Waals surface area (Å²) in [5, 5.41) is 3.40. The van der Waals surface area contributed by atoms with Crippen LogP contribution >= 0.6 is 0 Å². The van der Waals surface area contributed by atoms with E-state index in [1.54, 1.807) is 7.11 Å². The molecule has 1 N–H and O–H groups in total. The third-order valence-corrected chi connectivity index (χ3v) is 4.32. The van der Waals surface area contributed by atoms with Crippen LogP contribution in [-0.4, -0.2) is 42.3 Å². The lowest BCUT2D eigenvalue weighted by atomic mass is 9.79. The molecule has 1 aliphatic heterocycles. The monoisotopic (exact) mass is 254 g/mol. The van der Waals surface area contributed by atoms with Gasteiger partial charge in [-0.2, -0.15) is 0 Å². The smallest absolute Gasteiger partial charge is 0.240 e. The van der Waals surface area contributed by atoms with Crippen molar-refractivity contribution < 1.29 is 9.53 Å².